The van der Waals surface area contributed by atoms with Crippen molar-refractivity contribution in [3.05, 3.63) is 59.9 Å². The van der Waals surface area contributed by atoms with E-state index in [1.54, 1.807) is 12.1 Å². The van der Waals surface area contributed by atoms with E-state index in [9.17, 15) is 13.6 Å². The Kier molecular flexibility index (Phi) is 3.09. The third-order valence-corrected chi connectivity index (χ3v) is 2.08. The van der Waals surface area contributed by atoms with Crippen LogP contribution in [-0.2, 0) is 0 Å². The van der Waals surface area contributed by atoms with Crippen LogP contribution in [0.15, 0.2) is 42.6 Å². The van der Waals surface area contributed by atoms with Gasteiger partial charge in [-0.25, -0.2) is 8.78 Å². The molecule has 17 heavy (non-hydrogen) atoms. The lowest BCUT2D eigenvalue weighted by Crippen LogP contribution is -2.13. The number of halogens is 2. The van der Waals surface area contributed by atoms with E-state index < -0.39 is 17.5 Å². The second kappa shape index (κ2) is 4.69. The highest BCUT2D eigenvalue weighted by Crippen LogP contribution is 2.13. The molecule has 1 aromatic carbocycles. The van der Waals surface area contributed by atoms with Gasteiger partial charge >= 0.3 is 0 Å². The van der Waals surface area contributed by atoms with E-state index in [1.165, 1.54) is 18.3 Å². The molecule has 3 nitrogen and oxygen atoms in total. The highest BCUT2D eigenvalue weighted by molar-refractivity contribution is 6.02. The topological polar surface area (TPSA) is 42.0 Å². The summed E-state index contributed by atoms with van der Waals surface area (Å²) in [6.07, 6.45) is 1.47. The molecular weight excluding hydrogens is 226 g/mol. The number of nitrogens with one attached hydrogen (secondary N) is 1. The van der Waals surface area contributed by atoms with E-state index in [-0.39, 0.29) is 11.4 Å². The average molecular weight is 234 g/mol. The molecule has 1 heterocycles. The van der Waals surface area contributed by atoms with Crippen LogP contribution in [0, 0.1) is 11.6 Å². The third-order valence-electron chi connectivity index (χ3n) is 2.08. The number of hydrogen-bond acceptors (Lipinski definition) is 2. The van der Waals surface area contributed by atoms with Crippen LogP contribution in [0.2, 0.25) is 0 Å². The molecule has 2 aromatic rings. The van der Waals surface area contributed by atoms with Crippen LogP contribution in [0.5, 0.6) is 0 Å². The van der Waals surface area contributed by atoms with Crippen molar-refractivity contribution in [2.75, 3.05) is 5.32 Å². The van der Waals surface area contributed by atoms with E-state index >= 15 is 0 Å². The number of pyridine rings is 1. The molecule has 0 atom stereocenters. The first-order chi connectivity index (χ1) is 8.16. The van der Waals surface area contributed by atoms with Gasteiger partial charge in [0.2, 0.25) is 0 Å². The molecule has 1 N–H and O–H groups in total. The maximum atomic E-state index is 12.9. The quantitative estimate of drug-likeness (QED) is 0.867. The van der Waals surface area contributed by atoms with Crippen molar-refractivity contribution in [2.45, 2.75) is 0 Å². The molecule has 0 spiro atoms. The van der Waals surface area contributed by atoms with Gasteiger partial charge in [-0.2, -0.15) is 0 Å². The summed E-state index contributed by atoms with van der Waals surface area (Å²) < 4.78 is 25.5. The maximum absolute atomic E-state index is 12.9. The number of aromatic nitrogens is 1. The van der Waals surface area contributed by atoms with E-state index in [4.69, 9.17) is 0 Å². The van der Waals surface area contributed by atoms with E-state index in [2.05, 4.69) is 10.3 Å². The molecule has 0 radical (unpaired) electrons. The Morgan fingerprint density at radius 2 is 1.94 bits per heavy atom. The summed E-state index contributed by atoms with van der Waals surface area (Å²) in [5, 5.41) is 2.42. The second-order valence-electron chi connectivity index (χ2n) is 3.30. The van der Waals surface area contributed by atoms with Gasteiger partial charge in [-0.05, 0) is 24.3 Å². The molecule has 86 valence electrons. The lowest BCUT2D eigenvalue weighted by molar-refractivity contribution is 0.102. The van der Waals surface area contributed by atoms with Crippen LogP contribution in [0.25, 0.3) is 0 Å². The number of nitrogens with zero attached hydrogens (tertiary/aromatic N) is 1. The van der Waals surface area contributed by atoms with Crippen molar-refractivity contribution in [1.29, 1.82) is 0 Å². The fraction of sp³-hybridized carbons (Fsp3) is 0. The standard InChI is InChI=1S/C12H8F2N2O/c13-9-5-4-8(7-10(9)14)16-12(17)11-3-1-2-6-15-11/h1-7H,(H,16,17). The molecule has 0 saturated heterocycles. The lowest BCUT2D eigenvalue weighted by atomic mass is 10.2. The summed E-state index contributed by atoms with van der Waals surface area (Å²) in [6.45, 7) is 0. The summed E-state index contributed by atoms with van der Waals surface area (Å²) >= 11 is 0. The van der Waals surface area contributed by atoms with Crippen molar-refractivity contribution in [3.63, 3.8) is 0 Å². The summed E-state index contributed by atoms with van der Waals surface area (Å²) in [6, 6.07) is 8.00. The molecule has 5 heteroatoms. The van der Waals surface area contributed by atoms with Gasteiger partial charge in [-0.1, -0.05) is 6.07 Å². The molecule has 0 saturated carbocycles. The zero-order valence-electron chi connectivity index (χ0n) is 8.65. The van der Waals surface area contributed by atoms with Crippen LogP contribution < -0.4 is 5.32 Å². The Bertz CT molecular complexity index is 543. The Labute approximate surface area is 96.1 Å². The lowest BCUT2D eigenvalue weighted by Gasteiger charge is -2.04. The molecular formula is C12H8F2N2O. The van der Waals surface area contributed by atoms with Crippen LogP contribution in [0.3, 0.4) is 0 Å². The highest BCUT2D eigenvalue weighted by atomic mass is 19.2. The molecule has 1 aromatic heterocycles. The predicted octanol–water partition coefficient (Wildman–Crippen LogP) is 2.61. The maximum Gasteiger partial charge on any atom is 0.274 e. The number of rotatable bonds is 2. The minimum atomic E-state index is -1.01. The number of hydrogen-bond donors (Lipinski definition) is 1. The monoisotopic (exact) mass is 234 g/mol. The fourth-order valence-corrected chi connectivity index (χ4v) is 1.27. The summed E-state index contributed by atoms with van der Waals surface area (Å²) in [5.74, 6) is -2.44. The Hall–Kier alpha value is -2.30. The number of carbonyl (C=O) groups is 1. The van der Waals surface area contributed by atoms with Gasteiger partial charge in [0, 0.05) is 18.0 Å². The Balaban J connectivity index is 2.16. The van der Waals surface area contributed by atoms with Gasteiger partial charge in [0.15, 0.2) is 11.6 Å². The van der Waals surface area contributed by atoms with Gasteiger partial charge in [0.05, 0.1) is 0 Å². The van der Waals surface area contributed by atoms with Gasteiger partial charge < -0.3 is 5.32 Å². The first-order valence-electron chi connectivity index (χ1n) is 4.84. The molecule has 0 unspecified atom stereocenters. The van der Waals surface area contributed by atoms with Crippen LogP contribution in [0.1, 0.15) is 10.5 Å². The fourth-order valence-electron chi connectivity index (χ4n) is 1.27. The molecule has 1 amide bonds. The normalized spacial score (nSPS) is 10.0. The molecule has 0 fully saturated rings. The summed E-state index contributed by atoms with van der Waals surface area (Å²) in [7, 11) is 0. The zero-order chi connectivity index (χ0) is 12.3. The van der Waals surface area contributed by atoms with Crippen molar-refractivity contribution >= 4 is 11.6 Å². The summed E-state index contributed by atoms with van der Waals surface area (Å²) in [4.78, 5) is 15.5. The van der Waals surface area contributed by atoms with Crippen LogP contribution >= 0.6 is 0 Å². The van der Waals surface area contributed by atoms with Crippen molar-refractivity contribution in [3.8, 4) is 0 Å². The minimum Gasteiger partial charge on any atom is -0.321 e. The smallest absolute Gasteiger partial charge is 0.274 e. The van der Waals surface area contributed by atoms with Crippen LogP contribution in [0.4, 0.5) is 14.5 Å². The Morgan fingerprint density at radius 3 is 2.59 bits per heavy atom. The summed E-state index contributed by atoms with van der Waals surface area (Å²) in [5.41, 5.74) is 0.386. The van der Waals surface area contributed by atoms with Gasteiger partial charge in [-0.15, -0.1) is 0 Å². The van der Waals surface area contributed by atoms with Gasteiger partial charge in [-0.3, -0.25) is 9.78 Å². The van der Waals surface area contributed by atoms with E-state index in [1.807, 2.05) is 0 Å². The number of anilines is 1. The van der Waals surface area contributed by atoms with E-state index in [0.29, 0.717) is 0 Å². The molecule has 0 aliphatic carbocycles. The first kappa shape index (κ1) is 11.2. The average Bonchev–Trinajstić information content (AvgIpc) is 2.35. The SMILES string of the molecule is O=C(Nc1ccc(F)c(F)c1)c1ccccn1. The Morgan fingerprint density at radius 1 is 1.12 bits per heavy atom. The second-order valence-corrected chi connectivity index (χ2v) is 3.30. The molecule has 0 aliphatic heterocycles. The van der Waals surface area contributed by atoms with Crippen molar-refractivity contribution in [2.24, 2.45) is 0 Å². The number of amides is 1. The minimum absolute atomic E-state index is 0.180. The molecule has 2 rings (SSSR count). The molecule has 0 bridgehead atoms. The molecule has 0 aliphatic rings. The highest BCUT2D eigenvalue weighted by Gasteiger charge is 2.08. The number of benzene rings is 1. The third kappa shape index (κ3) is 2.63. The van der Waals surface area contributed by atoms with Crippen molar-refractivity contribution in [1.82, 2.24) is 4.98 Å². The zero-order valence-corrected chi connectivity index (χ0v) is 8.65. The van der Waals surface area contributed by atoms with Gasteiger partial charge in [0.1, 0.15) is 5.69 Å². The first-order valence-corrected chi connectivity index (χ1v) is 4.84. The number of carbonyl (C=O) groups excluding carboxylic acids is 1. The van der Waals surface area contributed by atoms with E-state index in [0.717, 1.165) is 12.1 Å². The van der Waals surface area contributed by atoms with Gasteiger partial charge in [0.25, 0.3) is 5.91 Å². The predicted molar refractivity (Wildman–Crippen MR) is 58.5 cm³/mol. The van der Waals surface area contributed by atoms with Crippen molar-refractivity contribution < 1.29 is 13.6 Å². The van der Waals surface area contributed by atoms with Crippen LogP contribution in [-0.4, -0.2) is 10.9 Å². The largest absolute Gasteiger partial charge is 0.321 e.